The molecule has 2 N–H and O–H groups in total. The molecule has 1 aliphatic rings. The summed E-state index contributed by atoms with van der Waals surface area (Å²) in [7, 11) is 0. The van der Waals surface area contributed by atoms with Crippen LogP contribution in [0.25, 0.3) is 0 Å². The molecule has 1 fully saturated rings. The van der Waals surface area contributed by atoms with Crippen molar-refractivity contribution in [3.05, 3.63) is 24.3 Å². The fourth-order valence-electron chi connectivity index (χ4n) is 3.27. The predicted octanol–water partition coefficient (Wildman–Crippen LogP) is 4.90. The van der Waals surface area contributed by atoms with E-state index in [0.717, 1.165) is 37.3 Å². The molecule has 25 heavy (non-hydrogen) atoms. The van der Waals surface area contributed by atoms with Crippen LogP contribution in [0, 0.1) is 0 Å². The van der Waals surface area contributed by atoms with Crippen molar-refractivity contribution in [1.82, 2.24) is 5.32 Å². The molecule has 0 bridgehead atoms. The van der Waals surface area contributed by atoms with Crippen LogP contribution >= 0.6 is 0 Å². The molecule has 0 atom stereocenters. The Labute approximate surface area is 152 Å². The van der Waals surface area contributed by atoms with Crippen LogP contribution in [0.5, 0.6) is 5.75 Å². The van der Waals surface area contributed by atoms with Gasteiger partial charge in [0.25, 0.3) is 0 Å². The number of nitrogens with one attached hydrogen (secondary N) is 2. The maximum Gasteiger partial charge on any atom is 0.239 e. The molecule has 0 radical (unpaired) electrons. The molecule has 0 heterocycles. The van der Waals surface area contributed by atoms with Crippen molar-refractivity contribution in [1.29, 1.82) is 0 Å². The summed E-state index contributed by atoms with van der Waals surface area (Å²) in [5.41, 5.74) is 0.953. The molecule has 1 aromatic carbocycles. The number of ether oxygens (including phenoxy) is 1. The van der Waals surface area contributed by atoms with Crippen molar-refractivity contribution in [3.63, 3.8) is 0 Å². The quantitative estimate of drug-likeness (QED) is 0.561. The van der Waals surface area contributed by atoms with Gasteiger partial charge in [0, 0.05) is 11.7 Å². The van der Waals surface area contributed by atoms with Gasteiger partial charge in [-0.1, -0.05) is 51.9 Å². The van der Waals surface area contributed by atoms with E-state index in [1.165, 1.54) is 44.9 Å². The zero-order chi connectivity index (χ0) is 17.7. The number of carbonyl (C=O) groups is 1. The van der Waals surface area contributed by atoms with E-state index >= 15 is 0 Å². The minimum absolute atomic E-state index is 0.0827. The van der Waals surface area contributed by atoms with Crippen LogP contribution in [-0.4, -0.2) is 25.1 Å². The molecule has 1 aromatic rings. The number of hydrogen-bond donors (Lipinski definition) is 2. The second kappa shape index (κ2) is 11.8. The van der Waals surface area contributed by atoms with Crippen molar-refractivity contribution in [2.45, 2.75) is 77.2 Å². The Balaban J connectivity index is 1.60. The summed E-state index contributed by atoms with van der Waals surface area (Å²) in [5, 5.41) is 6.31. The van der Waals surface area contributed by atoms with E-state index in [-0.39, 0.29) is 5.91 Å². The topological polar surface area (TPSA) is 50.4 Å². The van der Waals surface area contributed by atoms with E-state index < -0.39 is 0 Å². The van der Waals surface area contributed by atoms with Gasteiger partial charge in [-0.3, -0.25) is 4.79 Å². The molecule has 140 valence electrons. The number of carbonyl (C=O) groups excluding carboxylic acids is 1. The van der Waals surface area contributed by atoms with Gasteiger partial charge in [0.05, 0.1) is 13.2 Å². The first-order valence-electron chi connectivity index (χ1n) is 10.0. The first kappa shape index (κ1) is 19.6. The average molecular weight is 347 g/mol. The molecule has 0 saturated heterocycles. The summed E-state index contributed by atoms with van der Waals surface area (Å²) in [6, 6.07) is 8.25. The van der Waals surface area contributed by atoms with E-state index in [2.05, 4.69) is 17.6 Å². The third-order valence-electron chi connectivity index (χ3n) is 4.79. The third-order valence-corrected chi connectivity index (χ3v) is 4.79. The summed E-state index contributed by atoms with van der Waals surface area (Å²) in [5.74, 6) is 0.979. The number of hydrogen-bond acceptors (Lipinski definition) is 3. The molecule has 0 spiro atoms. The van der Waals surface area contributed by atoms with Gasteiger partial charge in [-0.05, 0) is 43.5 Å². The fourth-order valence-corrected chi connectivity index (χ4v) is 3.27. The lowest BCUT2D eigenvalue weighted by atomic mass is 9.95. The number of amides is 1. The monoisotopic (exact) mass is 346 g/mol. The molecule has 4 heteroatoms. The molecule has 1 amide bonds. The molecule has 0 aromatic heterocycles. The average Bonchev–Trinajstić information content (AvgIpc) is 2.65. The highest BCUT2D eigenvalue weighted by Gasteiger charge is 2.15. The van der Waals surface area contributed by atoms with E-state index in [0.29, 0.717) is 12.6 Å². The molecule has 2 rings (SSSR count). The molecular formula is C21H34N2O2. The third kappa shape index (κ3) is 8.28. The second-order valence-electron chi connectivity index (χ2n) is 7.04. The smallest absolute Gasteiger partial charge is 0.239 e. The highest BCUT2D eigenvalue weighted by molar-refractivity contribution is 5.81. The van der Waals surface area contributed by atoms with Gasteiger partial charge < -0.3 is 15.4 Å². The Morgan fingerprint density at radius 3 is 2.48 bits per heavy atom. The highest BCUT2D eigenvalue weighted by atomic mass is 16.5. The van der Waals surface area contributed by atoms with Crippen molar-refractivity contribution in [2.24, 2.45) is 0 Å². The minimum atomic E-state index is 0.0827. The zero-order valence-electron chi connectivity index (χ0n) is 15.7. The van der Waals surface area contributed by atoms with Crippen molar-refractivity contribution in [3.8, 4) is 5.75 Å². The fraction of sp³-hybridized carbons (Fsp3) is 0.667. The van der Waals surface area contributed by atoms with E-state index in [1.54, 1.807) is 0 Å². The highest BCUT2D eigenvalue weighted by Crippen LogP contribution is 2.18. The maximum atomic E-state index is 12.0. The standard InChI is InChI=1S/C21H34N2O2/c1-2-3-4-5-9-16-25-20-14-12-18(13-15-20)22-17-21(24)23-19-10-7-6-8-11-19/h12-15,19,22H,2-11,16-17H2,1H3,(H,23,24). The molecular weight excluding hydrogens is 312 g/mol. The first-order valence-corrected chi connectivity index (χ1v) is 10.0. The maximum absolute atomic E-state index is 12.0. The number of anilines is 1. The van der Waals surface area contributed by atoms with Crippen LogP contribution in [0.15, 0.2) is 24.3 Å². The molecule has 0 aliphatic heterocycles. The van der Waals surface area contributed by atoms with Crippen LogP contribution in [-0.2, 0) is 4.79 Å². The first-order chi connectivity index (χ1) is 12.3. The minimum Gasteiger partial charge on any atom is -0.494 e. The Morgan fingerprint density at radius 1 is 1.04 bits per heavy atom. The van der Waals surface area contributed by atoms with E-state index in [4.69, 9.17) is 4.74 Å². The summed E-state index contributed by atoms with van der Waals surface area (Å²) in [6.45, 7) is 3.33. The molecule has 1 aliphatic carbocycles. The van der Waals surface area contributed by atoms with Crippen LogP contribution in [0.3, 0.4) is 0 Å². The number of unbranched alkanes of at least 4 members (excludes halogenated alkanes) is 4. The van der Waals surface area contributed by atoms with Crippen LogP contribution in [0.4, 0.5) is 5.69 Å². The summed E-state index contributed by atoms with van der Waals surface area (Å²) >= 11 is 0. The van der Waals surface area contributed by atoms with Crippen molar-refractivity contribution >= 4 is 11.6 Å². The molecule has 0 unspecified atom stereocenters. The van der Waals surface area contributed by atoms with Crippen LogP contribution in [0.1, 0.15) is 71.1 Å². The predicted molar refractivity (Wildman–Crippen MR) is 104 cm³/mol. The van der Waals surface area contributed by atoms with Gasteiger partial charge >= 0.3 is 0 Å². The number of benzene rings is 1. The Kier molecular flexibility index (Phi) is 9.24. The second-order valence-corrected chi connectivity index (χ2v) is 7.04. The molecule has 4 nitrogen and oxygen atoms in total. The Morgan fingerprint density at radius 2 is 1.76 bits per heavy atom. The van der Waals surface area contributed by atoms with Gasteiger partial charge in [0.15, 0.2) is 0 Å². The Hall–Kier alpha value is -1.71. The summed E-state index contributed by atoms with van der Waals surface area (Å²) in [4.78, 5) is 12.0. The molecule has 1 saturated carbocycles. The summed E-state index contributed by atoms with van der Waals surface area (Å²) < 4.78 is 5.76. The van der Waals surface area contributed by atoms with E-state index in [1.807, 2.05) is 24.3 Å². The lowest BCUT2D eigenvalue weighted by Crippen LogP contribution is -2.39. The lowest BCUT2D eigenvalue weighted by Gasteiger charge is -2.22. The van der Waals surface area contributed by atoms with Crippen LogP contribution in [0.2, 0.25) is 0 Å². The van der Waals surface area contributed by atoms with Gasteiger partial charge in [-0.15, -0.1) is 0 Å². The SMILES string of the molecule is CCCCCCCOc1ccc(NCC(=O)NC2CCCCC2)cc1. The summed E-state index contributed by atoms with van der Waals surface area (Å²) in [6.07, 6.45) is 12.3. The van der Waals surface area contributed by atoms with E-state index in [9.17, 15) is 4.79 Å². The normalized spacial score (nSPS) is 14.9. The lowest BCUT2D eigenvalue weighted by molar-refractivity contribution is -0.120. The van der Waals surface area contributed by atoms with Crippen molar-refractivity contribution in [2.75, 3.05) is 18.5 Å². The number of rotatable bonds is 11. The van der Waals surface area contributed by atoms with Crippen molar-refractivity contribution < 1.29 is 9.53 Å². The Bertz CT molecular complexity index is 481. The van der Waals surface area contributed by atoms with Gasteiger partial charge in [-0.25, -0.2) is 0 Å². The van der Waals surface area contributed by atoms with Gasteiger partial charge in [0.1, 0.15) is 5.75 Å². The van der Waals surface area contributed by atoms with Crippen LogP contribution < -0.4 is 15.4 Å². The largest absolute Gasteiger partial charge is 0.494 e. The zero-order valence-corrected chi connectivity index (χ0v) is 15.7. The van der Waals surface area contributed by atoms with Gasteiger partial charge in [-0.2, -0.15) is 0 Å². The van der Waals surface area contributed by atoms with Gasteiger partial charge in [0.2, 0.25) is 5.91 Å².